The molecule has 5 amide bonds. The van der Waals surface area contributed by atoms with Crippen LogP contribution >= 0.6 is 0 Å². The van der Waals surface area contributed by atoms with Crippen LogP contribution in [0.5, 0.6) is 0 Å². The molecule has 4 aromatic carbocycles. The highest BCUT2D eigenvalue weighted by atomic mass is 19.1. The average molecular weight is 1120 g/mol. The van der Waals surface area contributed by atoms with Crippen LogP contribution in [-0.4, -0.2) is 161 Å². The lowest BCUT2D eigenvalue weighted by atomic mass is 9.83. The first-order valence-corrected chi connectivity index (χ1v) is 28.8. The molecular formula is C61H71F4N9O7. The van der Waals surface area contributed by atoms with Crippen LogP contribution in [0.25, 0.3) is 10.8 Å². The quantitative estimate of drug-likeness (QED) is 0.0901. The van der Waals surface area contributed by atoms with Crippen molar-refractivity contribution in [1.82, 2.24) is 45.3 Å². The van der Waals surface area contributed by atoms with Gasteiger partial charge in [-0.3, -0.25) is 33.7 Å². The average Bonchev–Trinajstić information content (AvgIpc) is 3.54. The second kappa shape index (κ2) is 26.3. The van der Waals surface area contributed by atoms with Gasteiger partial charge in [-0.05, 0) is 98.7 Å². The van der Waals surface area contributed by atoms with E-state index in [1.807, 2.05) is 17.0 Å². The van der Waals surface area contributed by atoms with Crippen LogP contribution in [0.3, 0.4) is 0 Å². The Hall–Kier alpha value is -7.03. The molecule has 5 fully saturated rings. The predicted octanol–water partition coefficient (Wildman–Crippen LogP) is 6.70. The molecule has 0 radical (unpaired) electrons. The number of rotatable bonds is 16. The summed E-state index contributed by atoms with van der Waals surface area (Å²) in [5, 5.41) is 13.9. The fourth-order valence-electron chi connectivity index (χ4n) is 12.5. The molecule has 0 bridgehead atoms. The molecule has 1 aromatic heterocycles. The van der Waals surface area contributed by atoms with E-state index in [1.165, 1.54) is 24.3 Å². The van der Waals surface area contributed by atoms with Crippen LogP contribution in [0.2, 0.25) is 0 Å². The van der Waals surface area contributed by atoms with Crippen molar-refractivity contribution in [3.63, 3.8) is 0 Å². The molecule has 81 heavy (non-hydrogen) atoms. The van der Waals surface area contributed by atoms with Crippen molar-refractivity contribution in [1.29, 1.82) is 0 Å². The van der Waals surface area contributed by atoms with E-state index >= 15 is 8.78 Å². The first-order chi connectivity index (χ1) is 39.3. The van der Waals surface area contributed by atoms with E-state index < -0.39 is 41.1 Å². The number of nitrogens with one attached hydrogen (secondary N) is 3. The van der Waals surface area contributed by atoms with Gasteiger partial charge >= 0.3 is 0 Å². The molecule has 4 saturated heterocycles. The van der Waals surface area contributed by atoms with Gasteiger partial charge in [-0.15, -0.1) is 0 Å². The Morgan fingerprint density at radius 1 is 0.654 bits per heavy atom. The zero-order valence-electron chi connectivity index (χ0n) is 45.6. The Morgan fingerprint density at radius 2 is 1.37 bits per heavy atom. The molecule has 430 valence electrons. The summed E-state index contributed by atoms with van der Waals surface area (Å²) >= 11 is 0. The molecule has 5 aliphatic rings. The summed E-state index contributed by atoms with van der Waals surface area (Å²) in [5.41, 5.74) is 1.34. The Bertz CT molecular complexity index is 3150. The first kappa shape index (κ1) is 57.2. The minimum Gasteiger partial charge on any atom is -0.375 e. The van der Waals surface area contributed by atoms with Gasteiger partial charge in [0.15, 0.2) is 0 Å². The molecule has 20 heteroatoms. The van der Waals surface area contributed by atoms with E-state index in [9.17, 15) is 37.5 Å². The van der Waals surface area contributed by atoms with Gasteiger partial charge in [0.25, 0.3) is 17.4 Å². The largest absolute Gasteiger partial charge is 0.375 e. The number of hydrogen-bond donors (Lipinski definition) is 3. The van der Waals surface area contributed by atoms with Gasteiger partial charge in [0.05, 0.1) is 47.5 Å². The number of H-pyrrole nitrogens is 1. The molecule has 1 aliphatic carbocycles. The van der Waals surface area contributed by atoms with Crippen molar-refractivity contribution in [2.75, 3.05) is 78.5 Å². The van der Waals surface area contributed by atoms with Crippen molar-refractivity contribution >= 4 is 40.3 Å². The van der Waals surface area contributed by atoms with Crippen LogP contribution in [0.1, 0.15) is 120 Å². The number of piperazine rings is 1. The third-order valence-corrected chi connectivity index (χ3v) is 17.1. The molecule has 4 aliphatic heterocycles. The highest BCUT2D eigenvalue weighted by Gasteiger charge is 2.38. The molecule has 10 rings (SSSR count). The van der Waals surface area contributed by atoms with Gasteiger partial charge in [0, 0.05) is 101 Å². The van der Waals surface area contributed by atoms with Gasteiger partial charge in [-0.25, -0.2) is 22.7 Å². The van der Waals surface area contributed by atoms with Crippen LogP contribution in [-0.2, 0) is 32.1 Å². The number of carbonyl (C=O) groups is 5. The maximum atomic E-state index is 16.5. The molecule has 16 nitrogen and oxygen atoms in total. The van der Waals surface area contributed by atoms with Crippen molar-refractivity contribution < 1.29 is 46.3 Å². The van der Waals surface area contributed by atoms with E-state index in [4.69, 9.17) is 4.74 Å². The zero-order chi connectivity index (χ0) is 56.6. The van der Waals surface area contributed by atoms with Crippen molar-refractivity contribution in [3.8, 4) is 0 Å². The number of nitrogens with zero attached hydrogens (tertiary/aromatic N) is 6. The third-order valence-electron chi connectivity index (χ3n) is 17.1. The second-order valence-corrected chi connectivity index (χ2v) is 22.4. The second-order valence-electron chi connectivity index (χ2n) is 22.4. The normalized spacial score (nSPS) is 19.4. The lowest BCUT2D eigenvalue weighted by Crippen LogP contribution is -2.55. The van der Waals surface area contributed by atoms with E-state index in [-0.39, 0.29) is 110 Å². The monoisotopic (exact) mass is 1120 g/mol. The van der Waals surface area contributed by atoms with Gasteiger partial charge in [0.1, 0.15) is 29.3 Å². The Labute approximate surface area is 468 Å². The summed E-state index contributed by atoms with van der Waals surface area (Å²) in [7, 11) is 0. The first-order valence-electron chi connectivity index (χ1n) is 28.8. The number of aromatic nitrogens is 2. The van der Waals surface area contributed by atoms with E-state index in [0.717, 1.165) is 57.1 Å². The lowest BCUT2D eigenvalue weighted by molar-refractivity contribution is -0.140. The Balaban J connectivity index is 0.659. The molecule has 2 atom stereocenters. The molecule has 1 unspecified atom stereocenters. The minimum absolute atomic E-state index is 0.00433. The summed E-state index contributed by atoms with van der Waals surface area (Å²) in [6.07, 6.45) is 8.71. The predicted molar refractivity (Wildman–Crippen MR) is 295 cm³/mol. The topological polar surface area (TPSA) is 181 Å². The fraction of sp³-hybridized carbons (Fsp3) is 0.492. The van der Waals surface area contributed by atoms with E-state index in [1.54, 1.807) is 45.0 Å². The van der Waals surface area contributed by atoms with Gasteiger partial charge in [0.2, 0.25) is 17.7 Å². The summed E-state index contributed by atoms with van der Waals surface area (Å²) in [6, 6.07) is 18.7. The third kappa shape index (κ3) is 13.8. The number of likely N-dealkylation sites (tertiary alicyclic amines) is 3. The SMILES string of the molecule is O=C(N[C@@H](C(=O)N1CCC(OC2CCN(CC(=O)N3CCN(C(=O)c4cc(Cc5n[nH]c(=O)c6ccccc56)ccc4F)CC3)CC2)CC1)C1CCCCC1)c1cccc(C2CCCN(C(=O)CNCc3ccc(F)cc3F)C2)c1F. The van der Waals surface area contributed by atoms with Crippen molar-refractivity contribution in [2.45, 2.75) is 108 Å². The number of hydrogen-bond acceptors (Lipinski definition) is 10. The standard InChI is InChI=1S/C61H71F4N9O7/c62-43-17-16-41(52(64)34-43)35-66-36-54(75)74-23-7-10-42(37-74)46-13-6-14-49(56(46)65)58(77)67-57(40-8-2-1-3-9-40)61(80)72-26-21-45(22-27-72)81-44-19-24-70(25-20-44)38-55(76)71-28-30-73(31-29-71)60(79)50-32-39(15-18-51(50)63)33-53-47-11-4-5-12-48(47)59(78)69-68-53/h4-6,11-18,32,34,40,42,44-45,57,66H,1-3,7-10,19-31,33,35-38H2,(H,67,77)(H,69,78)/t42?,57-/m1/s1. The van der Waals surface area contributed by atoms with E-state index in [0.29, 0.717) is 99.1 Å². The fourth-order valence-corrected chi connectivity index (χ4v) is 12.5. The van der Waals surface area contributed by atoms with E-state index in [2.05, 4.69) is 25.7 Å². The highest BCUT2D eigenvalue weighted by molar-refractivity contribution is 5.98. The maximum Gasteiger partial charge on any atom is 0.272 e. The van der Waals surface area contributed by atoms with Crippen molar-refractivity contribution in [2.24, 2.45) is 5.92 Å². The van der Waals surface area contributed by atoms with Crippen LogP contribution < -0.4 is 16.2 Å². The van der Waals surface area contributed by atoms with Crippen LogP contribution in [0.15, 0.2) is 83.7 Å². The van der Waals surface area contributed by atoms with Gasteiger partial charge in [-0.1, -0.05) is 61.7 Å². The maximum absolute atomic E-state index is 16.5. The minimum atomic E-state index is -0.815. The number of aromatic amines is 1. The smallest absolute Gasteiger partial charge is 0.272 e. The summed E-state index contributed by atoms with van der Waals surface area (Å²) < 4.78 is 65.7. The van der Waals surface area contributed by atoms with Crippen molar-refractivity contribution in [3.05, 3.63) is 146 Å². The summed E-state index contributed by atoms with van der Waals surface area (Å²) in [5.74, 6) is -4.65. The van der Waals surface area contributed by atoms with Gasteiger partial charge < -0.3 is 35.0 Å². The zero-order valence-corrected chi connectivity index (χ0v) is 45.6. The summed E-state index contributed by atoms with van der Waals surface area (Å²) in [6.45, 7) is 4.41. The molecule has 0 spiro atoms. The molecule has 3 N–H and O–H groups in total. The lowest BCUT2D eigenvalue weighted by Gasteiger charge is -2.40. The number of halogens is 4. The molecule has 1 saturated carbocycles. The number of piperidine rings is 3. The summed E-state index contributed by atoms with van der Waals surface area (Å²) in [4.78, 5) is 90.0. The van der Waals surface area contributed by atoms with Crippen LogP contribution in [0, 0.1) is 29.2 Å². The van der Waals surface area contributed by atoms with Gasteiger partial charge in [-0.2, -0.15) is 5.10 Å². The number of fused-ring (bicyclic) bond motifs is 1. The molecular weight excluding hydrogens is 1050 g/mol. The molecule has 5 heterocycles. The van der Waals surface area contributed by atoms with Crippen LogP contribution in [0.4, 0.5) is 17.6 Å². The number of carbonyl (C=O) groups excluding carboxylic acids is 5. The Morgan fingerprint density at radius 3 is 2.11 bits per heavy atom. The number of ether oxygens (including phenoxy) is 1. The number of benzene rings is 4. The number of amides is 5. The highest BCUT2D eigenvalue weighted by Crippen LogP contribution is 2.33. The Kier molecular flexibility index (Phi) is 18.5. The molecule has 5 aromatic rings.